The van der Waals surface area contributed by atoms with Gasteiger partial charge in [0.2, 0.25) is 0 Å². The fourth-order valence-corrected chi connectivity index (χ4v) is 3.45. The van der Waals surface area contributed by atoms with Crippen LogP contribution in [0.2, 0.25) is 0 Å². The van der Waals surface area contributed by atoms with Crippen LogP contribution in [0.3, 0.4) is 0 Å². The van der Waals surface area contributed by atoms with Gasteiger partial charge in [-0.1, -0.05) is 30.3 Å². The lowest BCUT2D eigenvalue weighted by Crippen LogP contribution is -2.15. The van der Waals surface area contributed by atoms with E-state index in [1.165, 1.54) is 11.1 Å². The summed E-state index contributed by atoms with van der Waals surface area (Å²) in [6.45, 7) is 0.602. The van der Waals surface area contributed by atoms with Crippen LogP contribution >= 0.6 is 0 Å². The molecule has 122 valence electrons. The van der Waals surface area contributed by atoms with Gasteiger partial charge in [-0.3, -0.25) is 0 Å². The van der Waals surface area contributed by atoms with Gasteiger partial charge < -0.3 is 9.15 Å². The van der Waals surface area contributed by atoms with Crippen molar-refractivity contribution in [2.75, 3.05) is 6.61 Å². The zero-order valence-electron chi connectivity index (χ0n) is 13.6. The Kier molecular flexibility index (Phi) is 4.08. The highest BCUT2D eigenvalue weighted by Gasteiger charge is 2.18. The average molecular weight is 320 g/mol. The molecule has 1 aliphatic rings. The van der Waals surface area contributed by atoms with Crippen LogP contribution in [-0.2, 0) is 19.3 Å². The predicted octanol–water partition coefficient (Wildman–Crippen LogP) is 4.29. The molecule has 0 N–H and O–H groups in total. The van der Waals surface area contributed by atoms with Gasteiger partial charge in [-0.25, -0.2) is 4.79 Å². The van der Waals surface area contributed by atoms with Crippen LogP contribution < -0.4 is 10.4 Å². The van der Waals surface area contributed by atoms with Crippen LogP contribution in [0.25, 0.3) is 11.0 Å². The number of rotatable bonds is 4. The average Bonchev–Trinajstić information content (AvgIpc) is 2.63. The Morgan fingerprint density at radius 2 is 1.75 bits per heavy atom. The Morgan fingerprint density at radius 3 is 2.58 bits per heavy atom. The first-order valence-corrected chi connectivity index (χ1v) is 8.56. The number of ether oxygens (including phenoxy) is 1. The molecule has 1 aliphatic carbocycles. The van der Waals surface area contributed by atoms with Gasteiger partial charge in [-0.2, -0.15) is 0 Å². The second kappa shape index (κ2) is 6.52. The molecule has 24 heavy (non-hydrogen) atoms. The summed E-state index contributed by atoms with van der Waals surface area (Å²) in [6.07, 6.45) is 4.87. The lowest BCUT2D eigenvalue weighted by molar-refractivity contribution is 0.322. The van der Waals surface area contributed by atoms with Crippen molar-refractivity contribution in [3.05, 3.63) is 75.6 Å². The molecular formula is C21H20O3. The SMILES string of the molecule is O=c1oc2cc(OCCc3ccccc3)ccc2c2c1CCCC2. The fraction of sp³-hybridized carbons (Fsp3) is 0.286. The van der Waals surface area contributed by atoms with Gasteiger partial charge in [0.25, 0.3) is 0 Å². The third kappa shape index (κ3) is 2.94. The Balaban J connectivity index is 1.56. The molecule has 0 atom stereocenters. The molecule has 0 bridgehead atoms. The second-order valence-corrected chi connectivity index (χ2v) is 6.30. The van der Waals surface area contributed by atoms with Crippen molar-refractivity contribution >= 4 is 11.0 Å². The predicted molar refractivity (Wildman–Crippen MR) is 94.8 cm³/mol. The van der Waals surface area contributed by atoms with E-state index in [1.54, 1.807) is 0 Å². The van der Waals surface area contributed by atoms with Gasteiger partial charge >= 0.3 is 5.63 Å². The largest absolute Gasteiger partial charge is 0.493 e. The van der Waals surface area contributed by atoms with E-state index < -0.39 is 0 Å². The van der Waals surface area contributed by atoms with Gasteiger partial charge in [-0.15, -0.1) is 0 Å². The number of benzene rings is 2. The summed E-state index contributed by atoms with van der Waals surface area (Å²) in [6, 6.07) is 16.1. The molecule has 1 heterocycles. The van der Waals surface area contributed by atoms with E-state index in [4.69, 9.17) is 9.15 Å². The number of hydrogen-bond acceptors (Lipinski definition) is 3. The Labute approximate surface area is 140 Å². The van der Waals surface area contributed by atoms with E-state index in [0.29, 0.717) is 12.2 Å². The molecule has 3 nitrogen and oxygen atoms in total. The molecule has 0 radical (unpaired) electrons. The lowest BCUT2D eigenvalue weighted by atomic mass is 9.91. The summed E-state index contributed by atoms with van der Waals surface area (Å²) < 4.78 is 11.4. The molecular weight excluding hydrogens is 300 g/mol. The summed E-state index contributed by atoms with van der Waals surface area (Å²) in [4.78, 5) is 12.2. The fourth-order valence-electron chi connectivity index (χ4n) is 3.45. The third-order valence-electron chi connectivity index (χ3n) is 4.70. The molecule has 0 saturated carbocycles. The van der Waals surface area contributed by atoms with Crippen molar-refractivity contribution in [2.24, 2.45) is 0 Å². The maximum absolute atomic E-state index is 12.2. The van der Waals surface area contributed by atoms with Crippen LogP contribution in [0.4, 0.5) is 0 Å². The van der Waals surface area contributed by atoms with Crippen LogP contribution in [-0.4, -0.2) is 6.61 Å². The van der Waals surface area contributed by atoms with Crippen molar-refractivity contribution in [1.82, 2.24) is 0 Å². The molecule has 0 spiro atoms. The van der Waals surface area contributed by atoms with E-state index in [0.717, 1.165) is 48.8 Å². The smallest absolute Gasteiger partial charge is 0.339 e. The zero-order valence-corrected chi connectivity index (χ0v) is 13.6. The maximum Gasteiger partial charge on any atom is 0.339 e. The van der Waals surface area contributed by atoms with Crippen LogP contribution in [0.5, 0.6) is 5.75 Å². The van der Waals surface area contributed by atoms with E-state index >= 15 is 0 Å². The molecule has 3 aromatic rings. The molecule has 0 unspecified atom stereocenters. The van der Waals surface area contributed by atoms with E-state index in [2.05, 4.69) is 12.1 Å². The molecule has 0 fully saturated rings. The molecule has 2 aromatic carbocycles. The zero-order chi connectivity index (χ0) is 16.4. The highest BCUT2D eigenvalue weighted by molar-refractivity contribution is 5.82. The van der Waals surface area contributed by atoms with Gasteiger partial charge in [0, 0.05) is 23.4 Å². The van der Waals surface area contributed by atoms with Crippen LogP contribution in [0.15, 0.2) is 57.7 Å². The van der Waals surface area contributed by atoms with Crippen molar-refractivity contribution in [3.63, 3.8) is 0 Å². The highest BCUT2D eigenvalue weighted by Crippen LogP contribution is 2.29. The number of aryl methyl sites for hydroxylation is 1. The molecule has 1 aromatic heterocycles. The molecule has 0 aliphatic heterocycles. The first-order chi connectivity index (χ1) is 11.8. The quantitative estimate of drug-likeness (QED) is 0.673. The maximum atomic E-state index is 12.2. The van der Waals surface area contributed by atoms with E-state index in [9.17, 15) is 4.79 Å². The Bertz CT molecular complexity index is 910. The van der Waals surface area contributed by atoms with Gasteiger partial charge in [0.05, 0.1) is 6.61 Å². The minimum absolute atomic E-state index is 0.182. The van der Waals surface area contributed by atoms with Gasteiger partial charge in [0.15, 0.2) is 0 Å². The monoisotopic (exact) mass is 320 g/mol. The van der Waals surface area contributed by atoms with E-state index in [-0.39, 0.29) is 5.63 Å². The van der Waals surface area contributed by atoms with Gasteiger partial charge in [0.1, 0.15) is 11.3 Å². The van der Waals surface area contributed by atoms with Crippen molar-refractivity contribution < 1.29 is 9.15 Å². The molecule has 0 amide bonds. The number of hydrogen-bond donors (Lipinski definition) is 0. The summed E-state index contributed by atoms with van der Waals surface area (Å²) in [5.74, 6) is 0.748. The van der Waals surface area contributed by atoms with Crippen LogP contribution in [0.1, 0.15) is 29.5 Å². The first kappa shape index (κ1) is 15.0. The van der Waals surface area contributed by atoms with Crippen LogP contribution in [0, 0.1) is 0 Å². The summed E-state index contributed by atoms with van der Waals surface area (Å²) in [5, 5.41) is 1.06. The van der Waals surface area contributed by atoms with Crippen molar-refractivity contribution in [3.8, 4) is 5.75 Å². The highest BCUT2D eigenvalue weighted by atomic mass is 16.5. The van der Waals surface area contributed by atoms with Crippen molar-refractivity contribution in [1.29, 1.82) is 0 Å². The van der Waals surface area contributed by atoms with Gasteiger partial charge in [-0.05, 0) is 48.9 Å². The molecule has 0 saturated heterocycles. The topological polar surface area (TPSA) is 39.4 Å². The van der Waals surface area contributed by atoms with Crippen molar-refractivity contribution in [2.45, 2.75) is 32.1 Å². The standard InChI is InChI=1S/C21H20O3/c22-21-19-9-5-4-8-17(19)18-11-10-16(14-20(18)24-21)23-13-12-15-6-2-1-3-7-15/h1-3,6-7,10-11,14H,4-5,8-9,12-13H2. The lowest BCUT2D eigenvalue weighted by Gasteiger charge is -2.16. The summed E-state index contributed by atoms with van der Waals surface area (Å²) >= 11 is 0. The minimum Gasteiger partial charge on any atom is -0.493 e. The molecule has 3 heteroatoms. The normalized spacial score (nSPS) is 13.7. The number of fused-ring (bicyclic) bond motifs is 3. The first-order valence-electron chi connectivity index (χ1n) is 8.56. The second-order valence-electron chi connectivity index (χ2n) is 6.30. The Hall–Kier alpha value is -2.55. The minimum atomic E-state index is -0.182. The summed E-state index contributed by atoms with van der Waals surface area (Å²) in [5.41, 5.74) is 3.74. The van der Waals surface area contributed by atoms with E-state index in [1.807, 2.05) is 36.4 Å². The summed E-state index contributed by atoms with van der Waals surface area (Å²) in [7, 11) is 0. The molecule has 4 rings (SSSR count). The Morgan fingerprint density at radius 1 is 0.958 bits per heavy atom. The third-order valence-corrected chi connectivity index (χ3v) is 4.70.